The van der Waals surface area contributed by atoms with Crippen molar-refractivity contribution in [3.8, 4) is 11.1 Å². The van der Waals surface area contributed by atoms with Crippen LogP contribution in [0.25, 0.3) is 11.1 Å². The number of hydrogen-bond acceptors (Lipinski definition) is 4. The van der Waals surface area contributed by atoms with Gasteiger partial charge in [0.25, 0.3) is 0 Å². The Bertz CT molecular complexity index is 1400. The number of oxime groups is 1. The summed E-state index contributed by atoms with van der Waals surface area (Å²) in [6.45, 7) is 0. The van der Waals surface area contributed by atoms with Gasteiger partial charge in [-0.15, -0.1) is 0 Å². The van der Waals surface area contributed by atoms with E-state index >= 15 is 0 Å². The molecule has 0 radical (unpaired) electrons. The zero-order valence-corrected chi connectivity index (χ0v) is 21.9. The molecule has 0 saturated heterocycles. The SMILES string of the molecule is CN(C(=O)O/N=C(/c1ccc(-c2ccc(C(=O)c3ccccc3)cc2)cc1)C(Cl)(Cl)Cl)c1ccccc1. The summed E-state index contributed by atoms with van der Waals surface area (Å²) in [5.41, 5.74) is 4.07. The summed E-state index contributed by atoms with van der Waals surface area (Å²) in [5.74, 6) is -0.0431. The van der Waals surface area contributed by atoms with E-state index in [2.05, 4.69) is 5.16 Å². The van der Waals surface area contributed by atoms with Crippen LogP contribution in [0.4, 0.5) is 10.5 Å². The van der Waals surface area contributed by atoms with Crippen LogP contribution in [-0.2, 0) is 4.84 Å². The Morgan fingerprint density at radius 2 is 1.14 bits per heavy atom. The zero-order valence-electron chi connectivity index (χ0n) is 19.6. The van der Waals surface area contributed by atoms with Crippen LogP contribution in [0.5, 0.6) is 0 Å². The highest BCUT2D eigenvalue weighted by molar-refractivity contribution is 6.78. The highest BCUT2D eigenvalue weighted by atomic mass is 35.6. The van der Waals surface area contributed by atoms with Crippen molar-refractivity contribution in [3.05, 3.63) is 126 Å². The van der Waals surface area contributed by atoms with Crippen molar-refractivity contribution in [1.82, 2.24) is 0 Å². The van der Waals surface area contributed by atoms with Gasteiger partial charge in [-0.25, -0.2) is 4.79 Å². The minimum Gasteiger partial charge on any atom is -0.297 e. The molecule has 0 bridgehead atoms. The molecule has 4 rings (SSSR count). The number of hydrogen-bond donors (Lipinski definition) is 0. The molecule has 0 aliphatic rings. The van der Waals surface area contributed by atoms with Gasteiger partial charge in [0.2, 0.25) is 3.79 Å². The van der Waals surface area contributed by atoms with E-state index in [0.717, 1.165) is 11.1 Å². The van der Waals surface area contributed by atoms with E-state index in [1.165, 1.54) is 4.90 Å². The number of benzene rings is 4. The molecule has 0 heterocycles. The Balaban J connectivity index is 1.51. The van der Waals surface area contributed by atoms with Gasteiger partial charge in [-0.3, -0.25) is 14.5 Å². The van der Waals surface area contributed by atoms with Crippen molar-refractivity contribution in [2.24, 2.45) is 5.16 Å². The second-order valence-electron chi connectivity index (χ2n) is 8.04. The van der Waals surface area contributed by atoms with E-state index in [1.54, 1.807) is 67.7 Å². The molecule has 5 nitrogen and oxygen atoms in total. The summed E-state index contributed by atoms with van der Waals surface area (Å²) in [6, 6.07) is 32.5. The van der Waals surface area contributed by atoms with Crippen LogP contribution in [0.1, 0.15) is 21.5 Å². The van der Waals surface area contributed by atoms with Gasteiger partial charge < -0.3 is 0 Å². The van der Waals surface area contributed by atoms with Crippen molar-refractivity contribution in [1.29, 1.82) is 0 Å². The Morgan fingerprint density at radius 1 is 0.676 bits per heavy atom. The van der Waals surface area contributed by atoms with Gasteiger partial charge in [0.05, 0.1) is 0 Å². The van der Waals surface area contributed by atoms with Crippen molar-refractivity contribution < 1.29 is 14.4 Å². The lowest BCUT2D eigenvalue weighted by Crippen LogP contribution is -2.27. The van der Waals surface area contributed by atoms with Crippen LogP contribution in [0, 0.1) is 0 Å². The van der Waals surface area contributed by atoms with Crippen LogP contribution in [-0.4, -0.2) is 28.4 Å². The average molecular weight is 552 g/mol. The topological polar surface area (TPSA) is 59.0 Å². The lowest BCUT2D eigenvalue weighted by molar-refractivity contribution is 0.103. The molecule has 0 aliphatic carbocycles. The van der Waals surface area contributed by atoms with E-state index in [9.17, 15) is 9.59 Å². The summed E-state index contributed by atoms with van der Waals surface area (Å²) in [6.07, 6.45) is -0.736. The van der Waals surface area contributed by atoms with Crippen molar-refractivity contribution in [2.45, 2.75) is 3.79 Å². The molecule has 4 aromatic carbocycles. The molecule has 0 aliphatic heterocycles. The fourth-order valence-electron chi connectivity index (χ4n) is 3.56. The summed E-state index contributed by atoms with van der Waals surface area (Å²) in [7, 11) is 1.55. The van der Waals surface area contributed by atoms with Crippen LogP contribution < -0.4 is 4.90 Å². The number of amides is 1. The normalized spacial score (nSPS) is 11.6. The van der Waals surface area contributed by atoms with E-state index in [1.807, 2.05) is 48.5 Å². The first-order valence-corrected chi connectivity index (χ1v) is 12.3. The van der Waals surface area contributed by atoms with Gasteiger partial charge in [-0.05, 0) is 23.3 Å². The minimum atomic E-state index is -1.94. The van der Waals surface area contributed by atoms with Crippen molar-refractivity contribution in [3.63, 3.8) is 0 Å². The lowest BCUT2D eigenvalue weighted by atomic mass is 9.98. The number of halogens is 3. The first-order valence-electron chi connectivity index (χ1n) is 11.2. The molecular weight excluding hydrogens is 531 g/mol. The van der Waals surface area contributed by atoms with E-state index < -0.39 is 9.89 Å². The molecule has 0 fully saturated rings. The first kappa shape index (κ1) is 26.4. The molecule has 0 spiro atoms. The fourth-order valence-corrected chi connectivity index (χ4v) is 3.99. The number of para-hydroxylation sites is 1. The summed E-state index contributed by atoms with van der Waals surface area (Å²) in [4.78, 5) is 31.5. The first-order chi connectivity index (χ1) is 17.7. The molecule has 0 N–H and O–H groups in total. The summed E-state index contributed by atoms with van der Waals surface area (Å²) >= 11 is 18.4. The molecule has 0 atom stereocenters. The van der Waals surface area contributed by atoms with E-state index in [0.29, 0.717) is 22.4 Å². The van der Waals surface area contributed by atoms with Crippen LogP contribution in [0.15, 0.2) is 114 Å². The molecule has 0 unspecified atom stereocenters. The predicted octanol–water partition coefficient (Wildman–Crippen LogP) is 7.93. The molecule has 4 aromatic rings. The summed E-state index contributed by atoms with van der Waals surface area (Å²) < 4.78 is -1.94. The van der Waals surface area contributed by atoms with Gasteiger partial charge in [0.15, 0.2) is 5.78 Å². The third-order valence-electron chi connectivity index (χ3n) is 5.58. The zero-order chi connectivity index (χ0) is 26.4. The highest BCUT2D eigenvalue weighted by Crippen LogP contribution is 2.32. The third kappa shape index (κ3) is 6.57. The largest absolute Gasteiger partial charge is 0.440 e. The number of alkyl halides is 3. The molecule has 0 saturated carbocycles. The second-order valence-corrected chi connectivity index (χ2v) is 10.3. The van der Waals surface area contributed by atoms with Crippen molar-refractivity contribution in [2.75, 3.05) is 11.9 Å². The van der Waals surface area contributed by atoms with Crippen molar-refractivity contribution >= 4 is 58.1 Å². The maximum atomic E-state index is 12.7. The monoisotopic (exact) mass is 550 g/mol. The maximum absolute atomic E-state index is 12.7. The highest BCUT2D eigenvalue weighted by Gasteiger charge is 2.31. The van der Waals surface area contributed by atoms with Crippen LogP contribution >= 0.6 is 34.8 Å². The second kappa shape index (κ2) is 11.6. The minimum absolute atomic E-state index is 0.0392. The van der Waals surface area contributed by atoms with Gasteiger partial charge in [0.1, 0.15) is 5.71 Å². The Kier molecular flexibility index (Phi) is 8.29. The standard InChI is InChI=1S/C29H21Cl3N2O3/c1-34(25-10-6-3-7-11-25)28(36)37-33-27(29(30,31)32)24-18-14-21(15-19-24)20-12-16-23(17-13-20)26(35)22-8-4-2-5-9-22/h2-19H,1H3/b33-27-. The Hall–Kier alpha value is -3.64. The van der Waals surface area contributed by atoms with Crippen LogP contribution in [0.2, 0.25) is 0 Å². The van der Waals surface area contributed by atoms with Gasteiger partial charge >= 0.3 is 6.09 Å². The number of carbonyl (C=O) groups is 2. The number of ketones is 1. The maximum Gasteiger partial charge on any atom is 0.440 e. The number of carbonyl (C=O) groups excluding carboxylic acids is 2. The predicted molar refractivity (Wildman–Crippen MR) is 150 cm³/mol. The van der Waals surface area contributed by atoms with Gasteiger partial charge in [-0.2, -0.15) is 0 Å². The lowest BCUT2D eigenvalue weighted by Gasteiger charge is -2.17. The van der Waals surface area contributed by atoms with Gasteiger partial charge in [-0.1, -0.05) is 137 Å². The average Bonchev–Trinajstić information content (AvgIpc) is 2.93. The van der Waals surface area contributed by atoms with E-state index in [-0.39, 0.29) is 11.5 Å². The van der Waals surface area contributed by atoms with Gasteiger partial charge in [0, 0.05) is 29.4 Å². The number of anilines is 1. The Morgan fingerprint density at radius 3 is 1.65 bits per heavy atom. The molecule has 8 heteroatoms. The molecule has 186 valence electrons. The Labute approximate surface area is 229 Å². The fraction of sp³-hybridized carbons (Fsp3) is 0.0690. The molecule has 1 amide bonds. The number of nitrogens with zero attached hydrogens (tertiary/aromatic N) is 2. The molecule has 0 aromatic heterocycles. The molecule has 37 heavy (non-hydrogen) atoms. The third-order valence-corrected chi connectivity index (χ3v) is 6.11. The smallest absolute Gasteiger partial charge is 0.297 e. The van der Waals surface area contributed by atoms with Crippen LogP contribution in [0.3, 0.4) is 0 Å². The summed E-state index contributed by atoms with van der Waals surface area (Å²) in [5, 5.41) is 3.87. The number of rotatable bonds is 6. The molecular formula is C29H21Cl3N2O3. The van der Waals surface area contributed by atoms with E-state index in [4.69, 9.17) is 39.6 Å². The quantitative estimate of drug-likeness (QED) is 0.0804.